The van der Waals surface area contributed by atoms with Crippen molar-refractivity contribution < 1.29 is 46.1 Å². The SMILES string of the molecule is COc1cc(O)cc(OC)c1OC.COc1cc(OS(=O)(=O)c2ccc3c(c2)CCN3C)cc(OC)c1OC. The van der Waals surface area contributed by atoms with Gasteiger partial charge >= 0.3 is 10.1 Å². The van der Waals surface area contributed by atoms with Gasteiger partial charge in [0.15, 0.2) is 28.7 Å². The number of fused-ring (bicyclic) bond motifs is 1. The fourth-order valence-electron chi connectivity index (χ4n) is 4.05. The molecule has 0 saturated carbocycles. The third-order valence-corrected chi connectivity index (χ3v) is 7.20. The first-order valence-corrected chi connectivity index (χ1v) is 13.1. The van der Waals surface area contributed by atoms with Crippen molar-refractivity contribution in [3.8, 4) is 46.0 Å². The average molecular weight is 564 g/mol. The molecule has 11 nitrogen and oxygen atoms in total. The second-order valence-corrected chi connectivity index (χ2v) is 9.79. The highest BCUT2D eigenvalue weighted by atomic mass is 32.2. The Balaban J connectivity index is 0.000000272. The molecule has 1 aliphatic rings. The highest BCUT2D eigenvalue weighted by Crippen LogP contribution is 2.42. The minimum Gasteiger partial charge on any atom is -0.508 e. The van der Waals surface area contributed by atoms with Crippen LogP contribution in [-0.2, 0) is 16.5 Å². The molecule has 0 aromatic heterocycles. The van der Waals surface area contributed by atoms with E-state index in [9.17, 15) is 13.5 Å². The van der Waals surface area contributed by atoms with E-state index in [1.54, 1.807) is 18.2 Å². The minimum absolute atomic E-state index is 0.0782. The molecule has 0 fully saturated rings. The first-order chi connectivity index (χ1) is 18.6. The number of methoxy groups -OCH3 is 6. The van der Waals surface area contributed by atoms with Gasteiger partial charge in [-0.05, 0) is 30.2 Å². The van der Waals surface area contributed by atoms with Crippen molar-refractivity contribution in [1.82, 2.24) is 0 Å². The van der Waals surface area contributed by atoms with Gasteiger partial charge in [0.2, 0.25) is 11.5 Å². The van der Waals surface area contributed by atoms with E-state index < -0.39 is 10.1 Å². The van der Waals surface area contributed by atoms with Crippen LogP contribution in [0.4, 0.5) is 5.69 Å². The quantitative estimate of drug-likeness (QED) is 0.382. The molecule has 0 bridgehead atoms. The predicted octanol–water partition coefficient (Wildman–Crippen LogP) is 3.89. The van der Waals surface area contributed by atoms with Crippen LogP contribution in [0.2, 0.25) is 0 Å². The zero-order chi connectivity index (χ0) is 28.7. The van der Waals surface area contributed by atoms with Crippen LogP contribution in [0.25, 0.3) is 0 Å². The standard InChI is InChI=1S/C18H21NO6S.C9H12O4/c1-19-8-7-12-9-14(5-6-15(12)19)26(20,21)25-13-10-16(22-2)18(24-4)17(11-13)23-3;1-11-7-4-6(10)5-8(12-2)9(7)13-3/h5-6,9-11H,7-8H2,1-4H3;4-5,10H,1-3H3. The molecule has 3 aromatic carbocycles. The lowest BCUT2D eigenvalue weighted by atomic mass is 10.2. The molecule has 0 unspecified atom stereocenters. The summed E-state index contributed by atoms with van der Waals surface area (Å²) in [5, 5.41) is 9.26. The fourth-order valence-corrected chi connectivity index (χ4v) is 5.01. The maximum Gasteiger partial charge on any atom is 0.339 e. The van der Waals surface area contributed by atoms with Crippen LogP contribution in [0.1, 0.15) is 5.56 Å². The van der Waals surface area contributed by atoms with Gasteiger partial charge in [0.25, 0.3) is 0 Å². The lowest BCUT2D eigenvalue weighted by molar-refractivity contribution is 0.320. The number of hydrogen-bond acceptors (Lipinski definition) is 11. The van der Waals surface area contributed by atoms with Gasteiger partial charge in [-0.1, -0.05) is 0 Å². The van der Waals surface area contributed by atoms with Gasteiger partial charge in [0, 0.05) is 43.5 Å². The van der Waals surface area contributed by atoms with Gasteiger partial charge in [-0.2, -0.15) is 8.42 Å². The summed E-state index contributed by atoms with van der Waals surface area (Å²) in [5.41, 5.74) is 2.03. The Morgan fingerprint density at radius 2 is 1.21 bits per heavy atom. The van der Waals surface area contributed by atoms with E-state index in [0.717, 1.165) is 24.2 Å². The van der Waals surface area contributed by atoms with Gasteiger partial charge in [-0.3, -0.25) is 0 Å². The van der Waals surface area contributed by atoms with Crippen molar-refractivity contribution >= 4 is 15.8 Å². The fraction of sp³-hybridized carbons (Fsp3) is 0.333. The van der Waals surface area contributed by atoms with E-state index in [1.807, 2.05) is 7.05 Å². The predicted molar refractivity (Wildman–Crippen MR) is 145 cm³/mol. The highest BCUT2D eigenvalue weighted by Gasteiger charge is 2.24. The van der Waals surface area contributed by atoms with Gasteiger partial charge in [-0.25, -0.2) is 0 Å². The summed E-state index contributed by atoms with van der Waals surface area (Å²) in [4.78, 5) is 2.20. The summed E-state index contributed by atoms with van der Waals surface area (Å²) in [6.45, 7) is 0.868. The van der Waals surface area contributed by atoms with Crippen molar-refractivity contribution in [1.29, 1.82) is 0 Å². The lowest BCUT2D eigenvalue weighted by Gasteiger charge is -2.15. The second-order valence-electron chi connectivity index (χ2n) is 8.24. The van der Waals surface area contributed by atoms with Crippen molar-refractivity contribution in [2.45, 2.75) is 11.3 Å². The monoisotopic (exact) mass is 563 g/mol. The number of aromatic hydroxyl groups is 1. The Labute approximate surface area is 228 Å². The first kappa shape index (κ1) is 29.4. The van der Waals surface area contributed by atoms with E-state index in [1.165, 1.54) is 66.9 Å². The molecule has 0 saturated heterocycles. The summed E-state index contributed by atoms with van der Waals surface area (Å²) >= 11 is 0. The minimum atomic E-state index is -3.99. The molecule has 12 heteroatoms. The van der Waals surface area contributed by atoms with Crippen molar-refractivity contribution in [2.24, 2.45) is 0 Å². The molecule has 1 aliphatic heterocycles. The van der Waals surface area contributed by atoms with Crippen LogP contribution in [0, 0.1) is 0 Å². The van der Waals surface area contributed by atoms with E-state index in [-0.39, 0.29) is 16.4 Å². The zero-order valence-corrected chi connectivity index (χ0v) is 23.7. The largest absolute Gasteiger partial charge is 0.508 e. The molecule has 4 rings (SSSR count). The number of ether oxygens (including phenoxy) is 6. The summed E-state index contributed by atoms with van der Waals surface area (Å²) in [6.07, 6.45) is 0.805. The van der Waals surface area contributed by atoms with Gasteiger partial charge in [0.05, 0.1) is 42.7 Å². The lowest BCUT2D eigenvalue weighted by Crippen LogP contribution is -2.13. The van der Waals surface area contributed by atoms with E-state index >= 15 is 0 Å². The molecule has 0 aliphatic carbocycles. The molecule has 1 heterocycles. The van der Waals surface area contributed by atoms with Gasteiger partial charge in [0.1, 0.15) is 10.6 Å². The number of phenols is 1. The average Bonchev–Trinajstić information content (AvgIpc) is 3.31. The van der Waals surface area contributed by atoms with Crippen LogP contribution >= 0.6 is 0 Å². The highest BCUT2D eigenvalue weighted by molar-refractivity contribution is 7.87. The van der Waals surface area contributed by atoms with Crippen LogP contribution in [0.3, 0.4) is 0 Å². The molecular formula is C27H33NO10S. The normalized spacial score (nSPS) is 12.0. The maximum absolute atomic E-state index is 12.7. The topological polar surface area (TPSA) is 122 Å². The van der Waals surface area contributed by atoms with E-state index in [4.69, 9.17) is 32.6 Å². The first-order valence-electron chi connectivity index (χ1n) is 11.7. The molecule has 0 amide bonds. The van der Waals surface area contributed by atoms with Crippen LogP contribution in [0.5, 0.6) is 46.0 Å². The molecule has 3 aromatic rings. The van der Waals surface area contributed by atoms with E-state index in [2.05, 4.69) is 4.90 Å². The molecule has 0 atom stereocenters. The Morgan fingerprint density at radius 3 is 1.67 bits per heavy atom. The number of anilines is 1. The molecular weight excluding hydrogens is 530 g/mol. The number of rotatable bonds is 9. The molecule has 212 valence electrons. The molecule has 1 N–H and O–H groups in total. The second kappa shape index (κ2) is 12.6. The Hall–Kier alpha value is -4.19. The maximum atomic E-state index is 12.7. The summed E-state index contributed by atoms with van der Waals surface area (Å²) in [7, 11) is 6.86. The third-order valence-electron chi connectivity index (χ3n) is 5.96. The van der Waals surface area contributed by atoms with Crippen molar-refractivity contribution in [2.75, 3.05) is 61.2 Å². The Kier molecular flexibility index (Phi) is 9.47. The number of phenolic OH excluding ortho intramolecular Hbond substituents is 1. The van der Waals surface area contributed by atoms with Crippen LogP contribution < -0.4 is 37.5 Å². The molecule has 39 heavy (non-hydrogen) atoms. The number of hydrogen-bond donors (Lipinski definition) is 1. The number of benzene rings is 3. The molecule has 0 spiro atoms. The van der Waals surface area contributed by atoms with Crippen molar-refractivity contribution in [3.63, 3.8) is 0 Å². The van der Waals surface area contributed by atoms with Crippen LogP contribution in [0.15, 0.2) is 47.4 Å². The summed E-state index contributed by atoms with van der Waals surface area (Å²) < 4.78 is 61.4. The number of likely N-dealkylation sites (N-methyl/N-ethyl adjacent to an activating group) is 1. The third kappa shape index (κ3) is 6.45. The van der Waals surface area contributed by atoms with Gasteiger partial charge in [-0.15, -0.1) is 0 Å². The summed E-state index contributed by atoms with van der Waals surface area (Å²) in [5.74, 6) is 2.51. The van der Waals surface area contributed by atoms with E-state index in [0.29, 0.717) is 34.5 Å². The molecule has 0 radical (unpaired) electrons. The number of nitrogens with zero attached hydrogens (tertiary/aromatic N) is 1. The van der Waals surface area contributed by atoms with Gasteiger partial charge < -0.3 is 42.6 Å². The van der Waals surface area contributed by atoms with Crippen LogP contribution in [-0.4, -0.2) is 69.8 Å². The summed E-state index contributed by atoms with van der Waals surface area (Å²) in [6, 6.07) is 10.8. The Morgan fingerprint density at radius 1 is 0.718 bits per heavy atom. The van der Waals surface area contributed by atoms with Crippen molar-refractivity contribution in [3.05, 3.63) is 48.0 Å². The smallest absolute Gasteiger partial charge is 0.339 e. The zero-order valence-electron chi connectivity index (χ0n) is 22.9. The Bertz CT molecular complexity index is 1360.